The Morgan fingerprint density at radius 3 is 2.48 bits per heavy atom. The lowest BCUT2D eigenvalue weighted by Gasteiger charge is -2.31. The third-order valence-electron chi connectivity index (χ3n) is 5.23. The summed E-state index contributed by atoms with van der Waals surface area (Å²) in [5.41, 5.74) is 4.76. The smallest absolute Gasteiger partial charge is 0.238 e. The first-order valence-electron chi connectivity index (χ1n) is 9.33. The van der Waals surface area contributed by atoms with Gasteiger partial charge in [0.2, 0.25) is 5.91 Å². The zero-order chi connectivity index (χ0) is 17.6. The first-order valence-corrected chi connectivity index (χ1v) is 9.33. The minimum Gasteiger partial charge on any atom is -0.324 e. The van der Waals surface area contributed by atoms with Crippen LogP contribution in [0.5, 0.6) is 0 Å². The highest BCUT2D eigenvalue weighted by Crippen LogP contribution is 2.27. The van der Waals surface area contributed by atoms with Crippen LogP contribution in [0, 0.1) is 6.92 Å². The van der Waals surface area contributed by atoms with E-state index in [-0.39, 0.29) is 5.91 Å². The highest BCUT2D eigenvalue weighted by Gasteiger charge is 2.22. The van der Waals surface area contributed by atoms with E-state index in [0.29, 0.717) is 12.5 Å². The lowest BCUT2D eigenvalue weighted by molar-refractivity contribution is -0.117. The van der Waals surface area contributed by atoms with E-state index in [9.17, 15) is 4.79 Å². The third-order valence-corrected chi connectivity index (χ3v) is 5.23. The molecule has 0 spiro atoms. The molecule has 2 aromatic rings. The molecule has 3 rings (SSSR count). The summed E-state index contributed by atoms with van der Waals surface area (Å²) in [6.07, 6.45) is 3.18. The van der Waals surface area contributed by atoms with Gasteiger partial charge in [0, 0.05) is 5.69 Å². The predicted molar refractivity (Wildman–Crippen MR) is 104 cm³/mol. The minimum absolute atomic E-state index is 0.0992. The molecule has 1 N–H and O–H groups in total. The van der Waals surface area contributed by atoms with Crippen LogP contribution in [-0.4, -0.2) is 30.4 Å². The topological polar surface area (TPSA) is 32.3 Å². The molecule has 3 nitrogen and oxygen atoms in total. The van der Waals surface area contributed by atoms with E-state index in [4.69, 9.17) is 0 Å². The summed E-state index contributed by atoms with van der Waals surface area (Å²) in [4.78, 5) is 14.8. The molecule has 0 atom stereocenters. The van der Waals surface area contributed by atoms with Crippen LogP contribution in [0.25, 0.3) is 0 Å². The second-order valence-electron chi connectivity index (χ2n) is 6.97. The van der Waals surface area contributed by atoms with Gasteiger partial charge >= 0.3 is 0 Å². The maximum absolute atomic E-state index is 12.5. The van der Waals surface area contributed by atoms with Crippen molar-refractivity contribution in [2.45, 2.75) is 39.0 Å². The van der Waals surface area contributed by atoms with Crippen LogP contribution < -0.4 is 5.32 Å². The van der Waals surface area contributed by atoms with E-state index in [2.05, 4.69) is 72.6 Å². The summed E-state index contributed by atoms with van der Waals surface area (Å²) in [6.45, 7) is 6.64. The van der Waals surface area contributed by atoms with Crippen molar-refractivity contribution in [1.29, 1.82) is 0 Å². The molecule has 0 aromatic heterocycles. The number of carbonyl (C=O) groups is 1. The number of aryl methyl sites for hydroxylation is 2. The molecule has 1 aliphatic heterocycles. The van der Waals surface area contributed by atoms with Gasteiger partial charge in [-0.25, -0.2) is 0 Å². The summed E-state index contributed by atoms with van der Waals surface area (Å²) < 4.78 is 0. The Morgan fingerprint density at radius 1 is 1.08 bits per heavy atom. The van der Waals surface area contributed by atoms with Gasteiger partial charge in [-0.1, -0.05) is 55.5 Å². The fourth-order valence-electron chi connectivity index (χ4n) is 3.73. The van der Waals surface area contributed by atoms with E-state index in [1.54, 1.807) is 0 Å². The molecule has 1 aliphatic rings. The number of hydrogen-bond acceptors (Lipinski definition) is 2. The zero-order valence-electron chi connectivity index (χ0n) is 15.3. The number of piperidine rings is 1. The maximum Gasteiger partial charge on any atom is 0.238 e. The average molecular weight is 336 g/mol. The normalized spacial score (nSPS) is 15.9. The number of amides is 1. The van der Waals surface area contributed by atoms with Gasteiger partial charge in [0.05, 0.1) is 6.54 Å². The molecule has 1 amide bonds. The fourth-order valence-corrected chi connectivity index (χ4v) is 3.73. The Hall–Kier alpha value is -2.13. The van der Waals surface area contributed by atoms with Gasteiger partial charge in [0.25, 0.3) is 0 Å². The minimum atomic E-state index is 0.0992. The largest absolute Gasteiger partial charge is 0.324 e. The van der Waals surface area contributed by atoms with Crippen molar-refractivity contribution < 1.29 is 4.79 Å². The van der Waals surface area contributed by atoms with Crippen LogP contribution in [0.3, 0.4) is 0 Å². The van der Waals surface area contributed by atoms with E-state index < -0.39 is 0 Å². The quantitative estimate of drug-likeness (QED) is 0.879. The maximum atomic E-state index is 12.5. The summed E-state index contributed by atoms with van der Waals surface area (Å²) in [5, 5.41) is 3.14. The summed E-state index contributed by atoms with van der Waals surface area (Å²) >= 11 is 0. The fraction of sp³-hybridized carbons (Fsp3) is 0.409. The Kier molecular flexibility index (Phi) is 5.87. The number of nitrogens with zero attached hydrogens (tertiary/aromatic N) is 1. The number of benzene rings is 2. The van der Waals surface area contributed by atoms with Gasteiger partial charge in [-0.15, -0.1) is 0 Å². The standard InChI is InChI=1S/C22H28N2O/c1-3-18-11-7-8-17(2)22(18)23-21(25)16-24-14-12-20(13-15-24)19-9-5-4-6-10-19/h4-11,20H,3,12-16H2,1-2H3,(H,23,25). The third kappa shape index (κ3) is 4.49. The number of carbonyl (C=O) groups excluding carboxylic acids is 1. The van der Waals surface area contributed by atoms with Gasteiger partial charge < -0.3 is 5.32 Å². The van der Waals surface area contributed by atoms with Gasteiger partial charge in [-0.05, 0) is 61.9 Å². The molecular formula is C22H28N2O. The van der Waals surface area contributed by atoms with Crippen LogP contribution in [0.15, 0.2) is 48.5 Å². The van der Waals surface area contributed by atoms with Crippen LogP contribution in [0.1, 0.15) is 42.4 Å². The Bertz CT molecular complexity index is 703. The van der Waals surface area contributed by atoms with E-state index in [1.807, 2.05) is 0 Å². The molecule has 0 radical (unpaired) electrons. The summed E-state index contributed by atoms with van der Waals surface area (Å²) in [6, 6.07) is 16.9. The number of nitrogens with one attached hydrogen (secondary N) is 1. The van der Waals surface area contributed by atoms with Crippen LogP contribution in [0.4, 0.5) is 5.69 Å². The Morgan fingerprint density at radius 2 is 1.80 bits per heavy atom. The number of anilines is 1. The SMILES string of the molecule is CCc1cccc(C)c1NC(=O)CN1CCC(c2ccccc2)CC1. The van der Waals surface area contributed by atoms with Crippen molar-refractivity contribution in [2.24, 2.45) is 0 Å². The molecule has 3 heteroatoms. The zero-order valence-corrected chi connectivity index (χ0v) is 15.3. The van der Waals surface area contributed by atoms with E-state index >= 15 is 0 Å². The number of hydrogen-bond donors (Lipinski definition) is 1. The monoisotopic (exact) mass is 336 g/mol. The van der Waals surface area contributed by atoms with Gasteiger partial charge in [0.15, 0.2) is 0 Å². The molecule has 0 saturated carbocycles. The highest BCUT2D eigenvalue weighted by molar-refractivity contribution is 5.93. The van der Waals surface area contributed by atoms with E-state index in [1.165, 1.54) is 11.1 Å². The Labute approximate surface area is 151 Å². The van der Waals surface area contributed by atoms with Crippen LogP contribution in [-0.2, 0) is 11.2 Å². The van der Waals surface area contributed by atoms with Gasteiger partial charge in [-0.3, -0.25) is 9.69 Å². The molecule has 1 saturated heterocycles. The molecule has 0 bridgehead atoms. The van der Waals surface area contributed by atoms with Crippen molar-refractivity contribution in [3.05, 3.63) is 65.2 Å². The Balaban J connectivity index is 1.53. The van der Waals surface area contributed by atoms with Crippen molar-refractivity contribution in [3.8, 4) is 0 Å². The molecule has 1 heterocycles. The second kappa shape index (κ2) is 8.30. The van der Waals surface area contributed by atoms with E-state index in [0.717, 1.165) is 43.6 Å². The second-order valence-corrected chi connectivity index (χ2v) is 6.97. The summed E-state index contributed by atoms with van der Waals surface area (Å²) in [5.74, 6) is 0.728. The average Bonchev–Trinajstić information content (AvgIpc) is 2.65. The number of likely N-dealkylation sites (tertiary alicyclic amines) is 1. The first-order chi connectivity index (χ1) is 12.2. The molecular weight excluding hydrogens is 308 g/mol. The predicted octanol–water partition coefficient (Wildman–Crippen LogP) is 4.38. The van der Waals surface area contributed by atoms with Gasteiger partial charge in [0.1, 0.15) is 0 Å². The van der Waals surface area contributed by atoms with Crippen molar-refractivity contribution in [3.63, 3.8) is 0 Å². The molecule has 25 heavy (non-hydrogen) atoms. The molecule has 0 aliphatic carbocycles. The highest BCUT2D eigenvalue weighted by atomic mass is 16.2. The van der Waals surface area contributed by atoms with Crippen molar-refractivity contribution >= 4 is 11.6 Å². The van der Waals surface area contributed by atoms with Crippen LogP contribution in [0.2, 0.25) is 0 Å². The van der Waals surface area contributed by atoms with Crippen LogP contribution >= 0.6 is 0 Å². The first kappa shape index (κ1) is 17.7. The van der Waals surface area contributed by atoms with Crippen molar-refractivity contribution in [2.75, 3.05) is 25.0 Å². The van der Waals surface area contributed by atoms with Crippen molar-refractivity contribution in [1.82, 2.24) is 4.90 Å². The molecule has 2 aromatic carbocycles. The number of para-hydroxylation sites is 1. The lowest BCUT2D eigenvalue weighted by atomic mass is 9.89. The molecule has 1 fully saturated rings. The molecule has 132 valence electrons. The molecule has 0 unspecified atom stereocenters. The van der Waals surface area contributed by atoms with Gasteiger partial charge in [-0.2, -0.15) is 0 Å². The lowest BCUT2D eigenvalue weighted by Crippen LogP contribution is -2.38. The number of rotatable bonds is 5. The summed E-state index contributed by atoms with van der Waals surface area (Å²) in [7, 11) is 0.